The van der Waals surface area contributed by atoms with E-state index in [1.807, 2.05) is 0 Å². The van der Waals surface area contributed by atoms with E-state index in [0.717, 1.165) is 0 Å². The largest absolute Gasteiger partial charge is 0.464 e. The van der Waals surface area contributed by atoms with E-state index in [2.05, 4.69) is 4.74 Å². The van der Waals surface area contributed by atoms with Gasteiger partial charge in [0.05, 0.1) is 12.5 Å². The number of halogens is 4. The van der Waals surface area contributed by atoms with Crippen molar-refractivity contribution in [1.82, 2.24) is 0 Å². The fourth-order valence-electron chi connectivity index (χ4n) is 2.95. The van der Waals surface area contributed by atoms with Crippen LogP contribution in [0.1, 0.15) is 13.8 Å². The van der Waals surface area contributed by atoms with Crippen LogP contribution in [0.15, 0.2) is 23.3 Å². The van der Waals surface area contributed by atoms with Crippen molar-refractivity contribution in [3.8, 4) is 0 Å². The molecule has 2 aliphatic rings. The Morgan fingerprint density at radius 3 is 2.46 bits per heavy atom. The van der Waals surface area contributed by atoms with Crippen LogP contribution in [0.5, 0.6) is 0 Å². The minimum absolute atomic E-state index is 0.280. The van der Waals surface area contributed by atoms with Gasteiger partial charge in [-0.05, 0) is 11.5 Å². The highest BCUT2D eigenvalue weighted by Gasteiger charge is 2.63. The maximum atomic E-state index is 14.0. The second-order valence-electron chi connectivity index (χ2n) is 6.58. The third-order valence-corrected chi connectivity index (χ3v) is 4.63. The molecule has 0 bridgehead atoms. The highest BCUT2D eigenvalue weighted by atomic mass is 19.3. The van der Waals surface area contributed by atoms with E-state index < -0.39 is 65.5 Å². The molecule has 0 heterocycles. The summed E-state index contributed by atoms with van der Waals surface area (Å²) in [6.45, 7) is 1.80. The zero-order chi connectivity index (χ0) is 18.3. The van der Waals surface area contributed by atoms with Crippen LogP contribution >= 0.6 is 0 Å². The Labute approximate surface area is 136 Å². The molecule has 0 aliphatic heterocycles. The van der Waals surface area contributed by atoms with Gasteiger partial charge in [-0.3, -0.25) is 4.79 Å². The number of allylic oxidation sites excluding steroid dienone is 1. The Balaban J connectivity index is 2.08. The van der Waals surface area contributed by atoms with E-state index in [1.54, 1.807) is 13.8 Å². The molecule has 2 rings (SSSR count). The van der Waals surface area contributed by atoms with Gasteiger partial charge in [-0.15, -0.1) is 0 Å². The SMILES string of the molecule is COCC1=CC(F)(F)C(COC(=O)C2C(C=O)C2(C)C)C(F)=C1F. The molecule has 4 nitrogen and oxygen atoms in total. The van der Waals surface area contributed by atoms with Gasteiger partial charge in [0, 0.05) is 18.6 Å². The average Bonchev–Trinajstić information content (AvgIpc) is 3.05. The van der Waals surface area contributed by atoms with E-state index in [0.29, 0.717) is 6.29 Å². The quantitative estimate of drug-likeness (QED) is 0.420. The molecular formula is C16H18F4O4. The van der Waals surface area contributed by atoms with Gasteiger partial charge in [-0.1, -0.05) is 13.8 Å². The van der Waals surface area contributed by atoms with Gasteiger partial charge in [0.25, 0.3) is 5.92 Å². The van der Waals surface area contributed by atoms with Crippen LogP contribution in [-0.2, 0) is 19.1 Å². The van der Waals surface area contributed by atoms with Crippen molar-refractivity contribution in [3.05, 3.63) is 23.3 Å². The third-order valence-electron chi connectivity index (χ3n) is 4.63. The number of ether oxygens (including phenoxy) is 2. The standard InChI is InChI=1S/C16H18F4O4/c1-15(2)9(5-21)11(15)14(22)24-7-10-13(18)12(17)8(6-23-3)4-16(10,19)20/h4-5,9-11H,6-7H2,1-3H3. The van der Waals surface area contributed by atoms with Gasteiger partial charge in [0.2, 0.25) is 0 Å². The van der Waals surface area contributed by atoms with Crippen LogP contribution in [-0.4, -0.2) is 38.5 Å². The summed E-state index contributed by atoms with van der Waals surface area (Å²) in [5.41, 5.74) is -1.22. The van der Waals surface area contributed by atoms with Gasteiger partial charge in [0.1, 0.15) is 24.6 Å². The van der Waals surface area contributed by atoms with Crippen molar-refractivity contribution in [3.63, 3.8) is 0 Å². The van der Waals surface area contributed by atoms with Crippen molar-refractivity contribution >= 4 is 12.3 Å². The zero-order valence-corrected chi connectivity index (χ0v) is 13.4. The van der Waals surface area contributed by atoms with E-state index in [-0.39, 0.29) is 6.08 Å². The summed E-state index contributed by atoms with van der Waals surface area (Å²) >= 11 is 0. The van der Waals surface area contributed by atoms with Crippen LogP contribution in [0, 0.1) is 23.2 Å². The lowest BCUT2D eigenvalue weighted by atomic mass is 9.91. The lowest BCUT2D eigenvalue weighted by Crippen LogP contribution is -2.35. The molecule has 0 saturated heterocycles. The van der Waals surface area contributed by atoms with Gasteiger partial charge >= 0.3 is 5.97 Å². The van der Waals surface area contributed by atoms with Crippen molar-refractivity contribution in [2.75, 3.05) is 20.3 Å². The number of rotatable bonds is 6. The molecule has 1 saturated carbocycles. The Hall–Kier alpha value is -1.70. The van der Waals surface area contributed by atoms with Gasteiger partial charge in [-0.2, -0.15) is 0 Å². The van der Waals surface area contributed by atoms with Gasteiger partial charge in [0.15, 0.2) is 5.83 Å². The Kier molecular flexibility index (Phi) is 4.90. The summed E-state index contributed by atoms with van der Waals surface area (Å²) in [4.78, 5) is 22.7. The minimum atomic E-state index is -3.73. The second-order valence-corrected chi connectivity index (χ2v) is 6.58. The smallest absolute Gasteiger partial charge is 0.310 e. The molecule has 24 heavy (non-hydrogen) atoms. The monoisotopic (exact) mass is 350 g/mol. The lowest BCUT2D eigenvalue weighted by Gasteiger charge is -2.28. The van der Waals surface area contributed by atoms with Crippen LogP contribution in [0.4, 0.5) is 17.6 Å². The van der Waals surface area contributed by atoms with Crippen LogP contribution in [0.3, 0.4) is 0 Å². The molecule has 0 amide bonds. The molecule has 3 unspecified atom stereocenters. The molecule has 134 valence electrons. The molecule has 0 N–H and O–H groups in total. The maximum absolute atomic E-state index is 14.0. The molecule has 0 aromatic carbocycles. The molecule has 0 radical (unpaired) electrons. The first-order chi connectivity index (χ1) is 11.1. The highest BCUT2D eigenvalue weighted by Crippen LogP contribution is 2.57. The number of alkyl halides is 2. The number of carbonyl (C=O) groups excluding carboxylic acids is 2. The molecular weight excluding hydrogens is 332 g/mol. The number of hydrogen-bond acceptors (Lipinski definition) is 4. The zero-order valence-electron chi connectivity index (χ0n) is 13.4. The summed E-state index contributed by atoms with van der Waals surface area (Å²) in [5.74, 6) is -11.3. The predicted octanol–water partition coefficient (Wildman–Crippen LogP) is 2.99. The van der Waals surface area contributed by atoms with Gasteiger partial charge < -0.3 is 14.3 Å². The van der Waals surface area contributed by atoms with Crippen molar-refractivity contribution in [2.45, 2.75) is 19.8 Å². The first-order valence-corrected chi connectivity index (χ1v) is 7.33. The van der Waals surface area contributed by atoms with Crippen molar-refractivity contribution < 1.29 is 36.6 Å². The summed E-state index contributed by atoms with van der Waals surface area (Å²) in [6.07, 6.45) is 0.879. The van der Waals surface area contributed by atoms with E-state index >= 15 is 0 Å². The topological polar surface area (TPSA) is 52.6 Å². The predicted molar refractivity (Wildman–Crippen MR) is 75.4 cm³/mol. The summed E-state index contributed by atoms with van der Waals surface area (Å²) in [7, 11) is 1.17. The Bertz CT molecular complexity index is 609. The molecule has 0 aromatic rings. The molecule has 2 aliphatic carbocycles. The van der Waals surface area contributed by atoms with E-state index in [1.165, 1.54) is 7.11 Å². The summed E-state index contributed by atoms with van der Waals surface area (Å²) in [6, 6.07) is 0. The first kappa shape index (κ1) is 18.6. The molecule has 0 spiro atoms. The normalized spacial score (nSPS) is 30.6. The number of hydrogen-bond donors (Lipinski definition) is 0. The molecule has 0 aromatic heterocycles. The fraction of sp³-hybridized carbons (Fsp3) is 0.625. The van der Waals surface area contributed by atoms with Crippen molar-refractivity contribution in [1.29, 1.82) is 0 Å². The number of carbonyl (C=O) groups is 2. The van der Waals surface area contributed by atoms with E-state index in [4.69, 9.17) is 4.74 Å². The van der Waals surface area contributed by atoms with Gasteiger partial charge in [-0.25, -0.2) is 17.6 Å². The van der Waals surface area contributed by atoms with E-state index in [9.17, 15) is 27.2 Å². The average molecular weight is 350 g/mol. The van der Waals surface area contributed by atoms with Crippen molar-refractivity contribution in [2.24, 2.45) is 23.2 Å². The Morgan fingerprint density at radius 1 is 1.33 bits per heavy atom. The molecule has 1 fully saturated rings. The summed E-state index contributed by atoms with van der Waals surface area (Å²) < 4.78 is 65.1. The molecule has 3 atom stereocenters. The first-order valence-electron chi connectivity index (χ1n) is 7.33. The summed E-state index contributed by atoms with van der Waals surface area (Å²) in [5, 5.41) is 0. The third kappa shape index (κ3) is 3.11. The minimum Gasteiger partial charge on any atom is -0.464 e. The fourth-order valence-corrected chi connectivity index (χ4v) is 2.95. The van der Waals surface area contributed by atoms with Crippen LogP contribution in [0.25, 0.3) is 0 Å². The second kappa shape index (κ2) is 6.31. The number of methoxy groups -OCH3 is 1. The highest BCUT2D eigenvalue weighted by molar-refractivity contribution is 5.84. The van der Waals surface area contributed by atoms with Crippen LogP contribution in [0.2, 0.25) is 0 Å². The van der Waals surface area contributed by atoms with Crippen LogP contribution < -0.4 is 0 Å². The number of aldehydes is 1. The lowest BCUT2D eigenvalue weighted by molar-refractivity contribution is -0.151. The molecule has 8 heteroatoms. The maximum Gasteiger partial charge on any atom is 0.310 e. The Morgan fingerprint density at radius 2 is 1.96 bits per heavy atom. The number of esters is 1.